The Morgan fingerprint density at radius 1 is 1.20 bits per heavy atom. The third kappa shape index (κ3) is 2.74. The van der Waals surface area contributed by atoms with E-state index in [2.05, 4.69) is 13.8 Å². The molecule has 0 amide bonds. The first-order valence-corrected chi connectivity index (χ1v) is 8.38. The monoisotopic (exact) mass is 282 g/mol. The first-order chi connectivity index (χ1) is 9.45. The molecular formula is C17H30O3. The number of ether oxygens (including phenoxy) is 1. The minimum absolute atomic E-state index is 0.00754. The zero-order valence-corrected chi connectivity index (χ0v) is 13.4. The molecule has 5 unspecified atom stereocenters. The van der Waals surface area contributed by atoms with E-state index < -0.39 is 5.60 Å². The molecule has 116 valence electrons. The third-order valence-electron chi connectivity index (χ3n) is 5.99. The molecule has 0 aliphatic heterocycles. The normalized spacial score (nSPS) is 34.2. The van der Waals surface area contributed by atoms with E-state index in [-0.39, 0.29) is 18.0 Å². The van der Waals surface area contributed by atoms with Crippen molar-refractivity contribution in [2.45, 2.75) is 77.9 Å². The number of rotatable bonds is 6. The zero-order valence-electron chi connectivity index (χ0n) is 13.4. The van der Waals surface area contributed by atoms with Gasteiger partial charge in [0.15, 0.2) is 0 Å². The van der Waals surface area contributed by atoms with Gasteiger partial charge in [-0.3, -0.25) is 4.79 Å². The van der Waals surface area contributed by atoms with Crippen molar-refractivity contribution < 1.29 is 14.6 Å². The van der Waals surface area contributed by atoms with Crippen molar-refractivity contribution in [3.8, 4) is 0 Å². The van der Waals surface area contributed by atoms with Crippen molar-refractivity contribution in [1.82, 2.24) is 0 Å². The smallest absolute Gasteiger partial charge is 0.308 e. The van der Waals surface area contributed by atoms with E-state index >= 15 is 0 Å². The highest BCUT2D eigenvalue weighted by Crippen LogP contribution is 2.54. The number of carbonyl (C=O) groups excluding carboxylic acids is 1. The summed E-state index contributed by atoms with van der Waals surface area (Å²) in [6, 6.07) is 0. The lowest BCUT2D eigenvalue weighted by molar-refractivity contribution is -0.157. The SMILES string of the molecule is CCC(C)C(=O)OC1CC2CC1CC2C(O)(CC)CC. The van der Waals surface area contributed by atoms with Gasteiger partial charge in [-0.2, -0.15) is 0 Å². The largest absolute Gasteiger partial charge is 0.462 e. The lowest BCUT2D eigenvalue weighted by atomic mass is 9.73. The molecule has 0 saturated heterocycles. The number of hydrogen-bond donors (Lipinski definition) is 1. The Balaban J connectivity index is 1.93. The summed E-state index contributed by atoms with van der Waals surface area (Å²) in [5, 5.41) is 10.7. The van der Waals surface area contributed by atoms with Crippen LogP contribution in [-0.2, 0) is 9.53 Å². The summed E-state index contributed by atoms with van der Waals surface area (Å²) in [4.78, 5) is 11.9. The van der Waals surface area contributed by atoms with Crippen LogP contribution in [0.4, 0.5) is 0 Å². The van der Waals surface area contributed by atoms with E-state index in [4.69, 9.17) is 4.74 Å². The number of hydrogen-bond acceptors (Lipinski definition) is 3. The summed E-state index contributed by atoms with van der Waals surface area (Å²) < 4.78 is 5.71. The van der Waals surface area contributed by atoms with Gasteiger partial charge in [0.2, 0.25) is 0 Å². The molecule has 0 aromatic heterocycles. The second kappa shape index (κ2) is 6.05. The maximum absolute atomic E-state index is 11.9. The van der Waals surface area contributed by atoms with Gasteiger partial charge in [0.05, 0.1) is 11.5 Å². The van der Waals surface area contributed by atoms with Crippen LogP contribution in [0.15, 0.2) is 0 Å². The molecule has 2 aliphatic carbocycles. The second-order valence-electron chi connectivity index (χ2n) is 6.93. The molecule has 0 aromatic carbocycles. The van der Waals surface area contributed by atoms with Crippen molar-refractivity contribution in [1.29, 1.82) is 0 Å². The van der Waals surface area contributed by atoms with Crippen LogP contribution in [0.5, 0.6) is 0 Å². The van der Waals surface area contributed by atoms with Crippen LogP contribution in [0.25, 0.3) is 0 Å². The fourth-order valence-electron chi connectivity index (χ4n) is 4.23. The van der Waals surface area contributed by atoms with Crippen LogP contribution in [-0.4, -0.2) is 22.8 Å². The predicted octanol–water partition coefficient (Wildman–Crippen LogP) is 3.54. The maximum atomic E-state index is 11.9. The molecule has 3 nitrogen and oxygen atoms in total. The van der Waals surface area contributed by atoms with E-state index in [1.807, 2.05) is 13.8 Å². The van der Waals surface area contributed by atoms with Crippen LogP contribution in [0.2, 0.25) is 0 Å². The van der Waals surface area contributed by atoms with E-state index in [1.54, 1.807) is 0 Å². The molecule has 3 heteroatoms. The number of aliphatic hydroxyl groups is 1. The first-order valence-electron chi connectivity index (χ1n) is 8.38. The van der Waals surface area contributed by atoms with Gasteiger partial charge in [0.1, 0.15) is 6.10 Å². The third-order valence-corrected chi connectivity index (χ3v) is 5.99. The average molecular weight is 282 g/mol. The molecule has 1 N–H and O–H groups in total. The summed E-state index contributed by atoms with van der Waals surface area (Å²) in [7, 11) is 0. The fraction of sp³-hybridized carbons (Fsp3) is 0.941. The Bertz CT molecular complexity index is 348. The van der Waals surface area contributed by atoms with Gasteiger partial charge in [-0.15, -0.1) is 0 Å². The summed E-state index contributed by atoms with van der Waals surface area (Å²) in [5.41, 5.74) is -0.509. The van der Waals surface area contributed by atoms with Crippen molar-refractivity contribution in [3.05, 3.63) is 0 Å². The molecule has 0 radical (unpaired) electrons. The van der Waals surface area contributed by atoms with Gasteiger partial charge in [0.25, 0.3) is 0 Å². The summed E-state index contributed by atoms with van der Waals surface area (Å²) in [6.07, 6.45) is 5.72. The molecule has 20 heavy (non-hydrogen) atoms. The predicted molar refractivity (Wildman–Crippen MR) is 79.2 cm³/mol. The minimum Gasteiger partial charge on any atom is -0.462 e. The van der Waals surface area contributed by atoms with Gasteiger partial charge in [-0.05, 0) is 56.3 Å². The molecule has 0 aromatic rings. The Morgan fingerprint density at radius 2 is 1.85 bits per heavy atom. The lowest BCUT2D eigenvalue weighted by Gasteiger charge is -2.39. The van der Waals surface area contributed by atoms with Crippen LogP contribution in [0.3, 0.4) is 0 Å². The molecule has 0 spiro atoms. The van der Waals surface area contributed by atoms with E-state index in [9.17, 15) is 9.90 Å². The molecule has 2 rings (SSSR count). The fourth-order valence-corrected chi connectivity index (χ4v) is 4.23. The number of fused-ring (bicyclic) bond motifs is 2. The van der Waals surface area contributed by atoms with Crippen molar-refractivity contribution in [2.75, 3.05) is 0 Å². The minimum atomic E-state index is -0.509. The Hall–Kier alpha value is -0.570. The molecule has 2 saturated carbocycles. The van der Waals surface area contributed by atoms with Crippen molar-refractivity contribution in [3.63, 3.8) is 0 Å². The Labute approximate surface area is 123 Å². The van der Waals surface area contributed by atoms with Crippen molar-refractivity contribution >= 4 is 5.97 Å². The molecular weight excluding hydrogens is 252 g/mol. The molecule has 2 fully saturated rings. The summed E-state index contributed by atoms with van der Waals surface area (Å²) >= 11 is 0. The molecule has 0 heterocycles. The quantitative estimate of drug-likeness (QED) is 0.758. The highest BCUT2D eigenvalue weighted by Gasteiger charge is 2.53. The topological polar surface area (TPSA) is 46.5 Å². The van der Waals surface area contributed by atoms with Gasteiger partial charge >= 0.3 is 5.97 Å². The summed E-state index contributed by atoms with van der Waals surface area (Å²) in [5.74, 6) is 1.39. The highest BCUT2D eigenvalue weighted by atomic mass is 16.5. The first kappa shape index (κ1) is 15.8. The van der Waals surface area contributed by atoms with Crippen LogP contribution >= 0.6 is 0 Å². The molecule has 2 bridgehead atoms. The zero-order chi connectivity index (χ0) is 14.9. The Kier molecular flexibility index (Phi) is 4.78. The van der Waals surface area contributed by atoms with E-state index in [0.29, 0.717) is 17.8 Å². The van der Waals surface area contributed by atoms with E-state index in [0.717, 1.165) is 38.5 Å². The van der Waals surface area contributed by atoms with Gasteiger partial charge in [0, 0.05) is 0 Å². The van der Waals surface area contributed by atoms with E-state index in [1.165, 1.54) is 0 Å². The van der Waals surface area contributed by atoms with Gasteiger partial charge in [-0.1, -0.05) is 27.7 Å². The number of carbonyl (C=O) groups is 1. The standard InChI is InChI=1S/C17H30O3/c1-5-11(4)16(18)20-15-10-12-8-13(15)9-14(12)17(19,6-2)7-3/h11-15,19H,5-10H2,1-4H3. The van der Waals surface area contributed by atoms with Gasteiger partial charge < -0.3 is 9.84 Å². The summed E-state index contributed by atoms with van der Waals surface area (Å²) in [6.45, 7) is 8.11. The van der Waals surface area contributed by atoms with Gasteiger partial charge in [-0.25, -0.2) is 0 Å². The average Bonchev–Trinajstić information content (AvgIpc) is 3.05. The van der Waals surface area contributed by atoms with Crippen LogP contribution < -0.4 is 0 Å². The van der Waals surface area contributed by atoms with Crippen molar-refractivity contribution in [2.24, 2.45) is 23.7 Å². The number of esters is 1. The second-order valence-corrected chi connectivity index (χ2v) is 6.93. The lowest BCUT2D eigenvalue weighted by Crippen LogP contribution is -2.42. The van der Waals surface area contributed by atoms with Crippen LogP contribution in [0, 0.1) is 23.7 Å². The maximum Gasteiger partial charge on any atom is 0.308 e. The highest BCUT2D eigenvalue weighted by molar-refractivity contribution is 5.72. The Morgan fingerprint density at radius 3 is 2.30 bits per heavy atom. The molecule has 5 atom stereocenters. The molecule has 2 aliphatic rings. The van der Waals surface area contributed by atoms with Crippen LogP contribution in [0.1, 0.15) is 66.2 Å².